The molecule has 0 spiro atoms. The fraction of sp³-hybridized carbons (Fsp3) is 0.583. The number of hydrogen-bond acceptors (Lipinski definition) is 4. The Morgan fingerprint density at radius 2 is 2.33 bits per heavy atom. The van der Waals surface area contributed by atoms with Gasteiger partial charge < -0.3 is 14.6 Å². The van der Waals surface area contributed by atoms with E-state index < -0.39 is 6.04 Å². The van der Waals surface area contributed by atoms with Crippen molar-refractivity contribution in [2.24, 2.45) is 0 Å². The van der Waals surface area contributed by atoms with Crippen LogP contribution in [0.1, 0.15) is 38.0 Å². The summed E-state index contributed by atoms with van der Waals surface area (Å²) in [4.78, 5) is 29.4. The molecule has 0 aromatic carbocycles. The van der Waals surface area contributed by atoms with Crippen LogP contribution in [0, 0.1) is 6.92 Å². The molecule has 1 aliphatic rings. The van der Waals surface area contributed by atoms with Gasteiger partial charge in [0.1, 0.15) is 24.4 Å². The van der Waals surface area contributed by atoms with Gasteiger partial charge in [0.15, 0.2) is 0 Å². The molecule has 6 heteroatoms. The van der Waals surface area contributed by atoms with Crippen LogP contribution in [0.5, 0.6) is 0 Å². The van der Waals surface area contributed by atoms with Gasteiger partial charge in [0, 0.05) is 0 Å². The second-order valence-corrected chi connectivity index (χ2v) is 4.48. The molecular weight excluding hydrogens is 234 g/mol. The Labute approximate surface area is 105 Å². The van der Waals surface area contributed by atoms with Gasteiger partial charge in [0.05, 0.1) is 6.20 Å². The molecule has 18 heavy (non-hydrogen) atoms. The van der Waals surface area contributed by atoms with E-state index in [2.05, 4.69) is 10.3 Å². The largest absolute Gasteiger partial charge is 0.444 e. The van der Waals surface area contributed by atoms with Crippen molar-refractivity contribution in [1.29, 1.82) is 0 Å². The molecule has 0 radical (unpaired) electrons. The van der Waals surface area contributed by atoms with E-state index >= 15 is 0 Å². The number of carbonyl (C=O) groups is 2. The van der Waals surface area contributed by atoms with E-state index in [-0.39, 0.29) is 24.4 Å². The third-order valence-electron chi connectivity index (χ3n) is 3.10. The van der Waals surface area contributed by atoms with E-state index in [0.29, 0.717) is 18.1 Å². The number of nitrogens with zero attached hydrogens (tertiary/aromatic N) is 2. The lowest BCUT2D eigenvalue weighted by Gasteiger charge is -2.34. The van der Waals surface area contributed by atoms with Crippen molar-refractivity contribution in [1.82, 2.24) is 15.2 Å². The summed E-state index contributed by atoms with van der Waals surface area (Å²) in [6.07, 6.45) is 2.19. The molecule has 2 heterocycles. The third-order valence-corrected chi connectivity index (χ3v) is 3.10. The van der Waals surface area contributed by atoms with E-state index in [4.69, 9.17) is 4.42 Å². The maximum Gasteiger partial charge on any atom is 0.246 e. The minimum atomic E-state index is -0.440. The summed E-state index contributed by atoms with van der Waals surface area (Å²) < 4.78 is 5.41. The molecule has 0 aliphatic carbocycles. The van der Waals surface area contributed by atoms with E-state index in [1.165, 1.54) is 4.90 Å². The zero-order chi connectivity index (χ0) is 13.3. The summed E-state index contributed by atoms with van der Waals surface area (Å²) in [6, 6.07) is -0.768. The summed E-state index contributed by atoms with van der Waals surface area (Å²) in [5.41, 5.74) is 0. The quantitative estimate of drug-likeness (QED) is 0.861. The Bertz CT molecular complexity index is 469. The molecule has 1 aromatic heterocycles. The second kappa shape index (κ2) is 4.80. The van der Waals surface area contributed by atoms with Crippen LogP contribution in [-0.4, -0.2) is 34.3 Å². The fourth-order valence-electron chi connectivity index (χ4n) is 2.04. The number of piperazine rings is 1. The van der Waals surface area contributed by atoms with Crippen molar-refractivity contribution in [2.75, 3.05) is 6.54 Å². The van der Waals surface area contributed by atoms with Crippen LogP contribution < -0.4 is 5.32 Å². The van der Waals surface area contributed by atoms with Crippen molar-refractivity contribution < 1.29 is 14.0 Å². The van der Waals surface area contributed by atoms with Crippen molar-refractivity contribution in [3.05, 3.63) is 17.8 Å². The molecule has 1 saturated heterocycles. The van der Waals surface area contributed by atoms with Crippen molar-refractivity contribution >= 4 is 11.8 Å². The summed E-state index contributed by atoms with van der Waals surface area (Å²) in [5, 5.41) is 2.68. The molecule has 98 valence electrons. The van der Waals surface area contributed by atoms with E-state index in [9.17, 15) is 9.59 Å². The van der Waals surface area contributed by atoms with Gasteiger partial charge in [-0.25, -0.2) is 4.98 Å². The Morgan fingerprint density at radius 3 is 2.89 bits per heavy atom. The number of amides is 2. The average Bonchev–Trinajstić information content (AvgIpc) is 2.77. The smallest absolute Gasteiger partial charge is 0.246 e. The van der Waals surface area contributed by atoms with E-state index in [0.717, 1.165) is 0 Å². The summed E-state index contributed by atoms with van der Waals surface area (Å²) >= 11 is 0. The molecule has 2 amide bonds. The first kappa shape index (κ1) is 12.6. The van der Waals surface area contributed by atoms with Gasteiger partial charge in [-0.2, -0.15) is 0 Å². The zero-order valence-corrected chi connectivity index (χ0v) is 10.8. The van der Waals surface area contributed by atoms with Crippen molar-refractivity contribution in [3.63, 3.8) is 0 Å². The molecule has 1 aliphatic heterocycles. The monoisotopic (exact) mass is 251 g/mol. The highest BCUT2D eigenvalue weighted by Crippen LogP contribution is 2.22. The average molecular weight is 251 g/mol. The van der Waals surface area contributed by atoms with Gasteiger partial charge in [-0.05, 0) is 20.3 Å². The first-order chi connectivity index (χ1) is 8.52. The van der Waals surface area contributed by atoms with Crippen LogP contribution in [0.3, 0.4) is 0 Å². The molecule has 1 N–H and O–H groups in total. The molecule has 2 atom stereocenters. The molecule has 1 aromatic rings. The minimum absolute atomic E-state index is 0.0535. The molecule has 2 rings (SSSR count). The first-order valence-electron chi connectivity index (χ1n) is 6.05. The molecule has 1 fully saturated rings. The Morgan fingerprint density at radius 1 is 1.61 bits per heavy atom. The Hall–Kier alpha value is -1.85. The molecule has 6 nitrogen and oxygen atoms in total. The van der Waals surface area contributed by atoms with Crippen molar-refractivity contribution in [3.8, 4) is 0 Å². The number of rotatable bonds is 3. The summed E-state index contributed by atoms with van der Waals surface area (Å²) in [7, 11) is 0. The Balaban J connectivity index is 2.20. The number of oxazole rings is 1. The van der Waals surface area contributed by atoms with Crippen LogP contribution in [-0.2, 0) is 9.59 Å². The van der Waals surface area contributed by atoms with Crippen LogP contribution in [0.4, 0.5) is 0 Å². The fourth-order valence-corrected chi connectivity index (χ4v) is 2.04. The van der Waals surface area contributed by atoms with Gasteiger partial charge in [-0.3, -0.25) is 9.59 Å². The van der Waals surface area contributed by atoms with Gasteiger partial charge >= 0.3 is 0 Å². The standard InChI is InChI=1S/C12H17N3O3/c1-4-9-12(17)15(6-10(16)14-9)8(3)11-13-5-7(2)18-11/h5,8-9H,4,6H2,1-3H3,(H,14,16). The van der Waals surface area contributed by atoms with Crippen LogP contribution in [0.25, 0.3) is 0 Å². The van der Waals surface area contributed by atoms with E-state index in [1.54, 1.807) is 13.1 Å². The maximum atomic E-state index is 12.2. The third kappa shape index (κ3) is 2.23. The predicted molar refractivity (Wildman–Crippen MR) is 63.6 cm³/mol. The lowest BCUT2D eigenvalue weighted by molar-refractivity contribution is -0.147. The summed E-state index contributed by atoms with van der Waals surface area (Å²) in [5.74, 6) is 0.931. The molecular formula is C12H17N3O3. The number of aryl methyl sites for hydroxylation is 1. The van der Waals surface area contributed by atoms with Gasteiger partial charge in [0.2, 0.25) is 17.7 Å². The number of hydrogen-bond donors (Lipinski definition) is 1. The van der Waals surface area contributed by atoms with Gasteiger partial charge in [-0.15, -0.1) is 0 Å². The number of aromatic nitrogens is 1. The highest BCUT2D eigenvalue weighted by Gasteiger charge is 2.35. The molecule has 0 bridgehead atoms. The first-order valence-corrected chi connectivity index (χ1v) is 6.05. The van der Waals surface area contributed by atoms with Gasteiger partial charge in [-0.1, -0.05) is 6.92 Å². The SMILES string of the molecule is CCC1NC(=O)CN(C(C)c2ncc(C)o2)C1=O. The zero-order valence-electron chi connectivity index (χ0n) is 10.8. The molecule has 2 unspecified atom stereocenters. The maximum absolute atomic E-state index is 12.2. The van der Waals surface area contributed by atoms with E-state index in [1.807, 2.05) is 13.8 Å². The van der Waals surface area contributed by atoms with Gasteiger partial charge in [0.25, 0.3) is 0 Å². The Kier molecular flexibility index (Phi) is 3.36. The second-order valence-electron chi connectivity index (χ2n) is 4.48. The van der Waals surface area contributed by atoms with Crippen LogP contribution >= 0.6 is 0 Å². The highest BCUT2D eigenvalue weighted by molar-refractivity contribution is 5.94. The number of nitrogens with one attached hydrogen (secondary N) is 1. The lowest BCUT2D eigenvalue weighted by atomic mass is 10.1. The predicted octanol–water partition coefficient (Wildman–Crippen LogP) is 0.781. The van der Waals surface area contributed by atoms with Crippen molar-refractivity contribution in [2.45, 2.75) is 39.3 Å². The topological polar surface area (TPSA) is 75.4 Å². The van der Waals surface area contributed by atoms with Crippen LogP contribution in [0.2, 0.25) is 0 Å². The van der Waals surface area contributed by atoms with Crippen LogP contribution in [0.15, 0.2) is 10.6 Å². The highest BCUT2D eigenvalue weighted by atomic mass is 16.4. The normalized spacial score (nSPS) is 21.9. The minimum Gasteiger partial charge on any atom is -0.444 e. The molecule has 0 saturated carbocycles. The number of carbonyl (C=O) groups excluding carboxylic acids is 2. The lowest BCUT2D eigenvalue weighted by Crippen LogP contribution is -2.58. The summed E-state index contributed by atoms with van der Waals surface area (Å²) in [6.45, 7) is 5.53.